The minimum absolute atomic E-state index is 0.00630. The molecule has 4 saturated carbocycles. The average Bonchev–Trinajstić information content (AvgIpc) is 3.32. The van der Waals surface area contributed by atoms with Crippen LogP contribution in [-0.2, 0) is 19.1 Å². The Balaban J connectivity index is 1.37. The molecule has 0 radical (unpaired) electrons. The number of hydrogen-bond donors (Lipinski definition) is 0. The normalized spacial score (nSPS) is 41.5. The lowest BCUT2D eigenvalue weighted by Crippen LogP contribution is -2.39. The van der Waals surface area contributed by atoms with E-state index in [4.69, 9.17) is 4.74 Å². The number of rotatable bonds is 3. The molecule has 26 heavy (non-hydrogen) atoms. The third-order valence-corrected chi connectivity index (χ3v) is 8.20. The monoisotopic (exact) mass is 356 g/mol. The molecule has 4 nitrogen and oxygen atoms in total. The lowest BCUT2D eigenvalue weighted by Gasteiger charge is -2.37. The third kappa shape index (κ3) is 2.10. The molecule has 6 unspecified atom stereocenters. The second-order valence-corrected chi connectivity index (χ2v) is 9.70. The first-order valence-corrected chi connectivity index (χ1v) is 10.4. The van der Waals surface area contributed by atoms with Gasteiger partial charge in [0.15, 0.2) is 0 Å². The first-order valence-electron chi connectivity index (χ1n) is 10.4. The summed E-state index contributed by atoms with van der Waals surface area (Å²) in [7, 11) is 0. The first-order chi connectivity index (χ1) is 12.4. The second kappa shape index (κ2) is 5.53. The van der Waals surface area contributed by atoms with Gasteiger partial charge in [0.05, 0.1) is 5.92 Å². The molecule has 140 valence electrons. The van der Waals surface area contributed by atoms with Gasteiger partial charge in [-0.15, -0.1) is 0 Å². The van der Waals surface area contributed by atoms with E-state index < -0.39 is 5.60 Å². The molecule has 0 aliphatic heterocycles. The van der Waals surface area contributed by atoms with E-state index >= 15 is 0 Å². The van der Waals surface area contributed by atoms with E-state index in [0.717, 1.165) is 25.7 Å². The fourth-order valence-electron chi connectivity index (χ4n) is 6.98. The molecule has 5 rings (SSSR count). The summed E-state index contributed by atoms with van der Waals surface area (Å²) >= 11 is 0. The Morgan fingerprint density at radius 2 is 1.62 bits per heavy atom. The maximum Gasteiger partial charge on any atom is 0.334 e. The second-order valence-electron chi connectivity index (χ2n) is 9.70. The van der Waals surface area contributed by atoms with Crippen molar-refractivity contribution < 1.29 is 19.1 Å². The molecular weight excluding hydrogens is 328 g/mol. The Labute approximate surface area is 154 Å². The third-order valence-electron chi connectivity index (χ3n) is 8.20. The zero-order valence-corrected chi connectivity index (χ0v) is 15.7. The topological polar surface area (TPSA) is 60.4 Å². The van der Waals surface area contributed by atoms with Crippen molar-refractivity contribution in [1.82, 2.24) is 0 Å². The van der Waals surface area contributed by atoms with E-state index in [2.05, 4.69) is 0 Å². The average molecular weight is 356 g/mol. The zero-order valence-electron chi connectivity index (χ0n) is 15.7. The van der Waals surface area contributed by atoms with E-state index in [9.17, 15) is 14.4 Å². The van der Waals surface area contributed by atoms with Crippen LogP contribution in [0.4, 0.5) is 0 Å². The lowest BCUT2D eigenvalue weighted by molar-refractivity contribution is -0.159. The number of esters is 1. The fraction of sp³-hybridized carbons (Fsp3) is 0.773. The largest absolute Gasteiger partial charge is 0.456 e. The smallest absolute Gasteiger partial charge is 0.334 e. The summed E-state index contributed by atoms with van der Waals surface area (Å²) in [5.74, 6) is 0.333. The summed E-state index contributed by atoms with van der Waals surface area (Å²) in [5, 5.41) is 0. The Morgan fingerprint density at radius 3 is 2.31 bits per heavy atom. The summed E-state index contributed by atoms with van der Waals surface area (Å²) in [6.07, 6.45) is 9.57. The highest BCUT2D eigenvalue weighted by molar-refractivity contribution is 6.07. The maximum atomic E-state index is 13.0. The van der Waals surface area contributed by atoms with Crippen molar-refractivity contribution >= 4 is 17.5 Å². The minimum atomic E-state index is -0.493. The van der Waals surface area contributed by atoms with Crippen LogP contribution in [-0.4, -0.2) is 23.1 Å². The summed E-state index contributed by atoms with van der Waals surface area (Å²) in [4.78, 5) is 38.3. The van der Waals surface area contributed by atoms with Gasteiger partial charge in [0.2, 0.25) is 0 Å². The number of allylic oxidation sites excluding steroid dienone is 1. The highest BCUT2D eigenvalue weighted by Gasteiger charge is 2.68. The molecule has 0 heterocycles. The molecule has 0 amide bonds. The maximum absolute atomic E-state index is 13.0. The van der Waals surface area contributed by atoms with Crippen LogP contribution >= 0.6 is 0 Å². The molecule has 0 saturated heterocycles. The summed E-state index contributed by atoms with van der Waals surface area (Å²) < 4.78 is 5.97. The van der Waals surface area contributed by atoms with Crippen LogP contribution in [0.15, 0.2) is 11.6 Å². The van der Waals surface area contributed by atoms with Crippen LogP contribution in [0.5, 0.6) is 0 Å². The number of ketones is 2. The molecule has 6 atom stereocenters. The predicted molar refractivity (Wildman–Crippen MR) is 95.0 cm³/mol. The standard InChI is InChI=1S/C22H28O4/c1-22(2,11-6-4-3-5-7-11)26-21(25)15-10-14-16-12-8-9-13(19(12)23)17(16)18(15)20(14)24/h10-14,16-18H,3-9H2,1-2H3. The van der Waals surface area contributed by atoms with E-state index in [0.29, 0.717) is 17.3 Å². The van der Waals surface area contributed by atoms with Gasteiger partial charge in [-0.3, -0.25) is 9.59 Å². The molecule has 4 heteroatoms. The molecule has 0 aromatic carbocycles. The van der Waals surface area contributed by atoms with Crippen LogP contribution in [0.2, 0.25) is 0 Å². The van der Waals surface area contributed by atoms with Gasteiger partial charge in [-0.1, -0.05) is 25.3 Å². The number of ether oxygens (including phenoxy) is 1. The molecule has 0 spiro atoms. The quantitative estimate of drug-likeness (QED) is 0.574. The van der Waals surface area contributed by atoms with Gasteiger partial charge in [-0.25, -0.2) is 4.79 Å². The summed E-state index contributed by atoms with van der Waals surface area (Å²) in [6, 6.07) is 0. The number of carbonyl (C=O) groups is 3. The van der Waals surface area contributed by atoms with Crippen molar-refractivity contribution in [2.45, 2.75) is 64.4 Å². The van der Waals surface area contributed by atoms with Crippen LogP contribution in [0.3, 0.4) is 0 Å². The van der Waals surface area contributed by atoms with Gasteiger partial charge in [0.1, 0.15) is 17.2 Å². The highest BCUT2D eigenvalue weighted by Crippen LogP contribution is 2.64. The van der Waals surface area contributed by atoms with Gasteiger partial charge >= 0.3 is 5.97 Å². The van der Waals surface area contributed by atoms with Crippen molar-refractivity contribution in [1.29, 1.82) is 0 Å². The van der Waals surface area contributed by atoms with Gasteiger partial charge in [0, 0.05) is 23.3 Å². The Hall–Kier alpha value is -1.45. The molecule has 5 aliphatic carbocycles. The highest BCUT2D eigenvalue weighted by atomic mass is 16.6. The van der Waals surface area contributed by atoms with E-state index in [1.165, 1.54) is 19.3 Å². The number of hydrogen-bond acceptors (Lipinski definition) is 4. The zero-order chi connectivity index (χ0) is 18.2. The predicted octanol–water partition coefficient (Wildman–Crippen LogP) is 3.48. The minimum Gasteiger partial charge on any atom is -0.456 e. The fourth-order valence-corrected chi connectivity index (χ4v) is 6.98. The van der Waals surface area contributed by atoms with E-state index in [1.807, 2.05) is 19.9 Å². The van der Waals surface area contributed by atoms with E-state index in [1.54, 1.807) is 0 Å². The molecule has 0 N–H and O–H groups in total. The Kier molecular flexibility index (Phi) is 3.55. The van der Waals surface area contributed by atoms with Crippen molar-refractivity contribution in [2.75, 3.05) is 0 Å². The van der Waals surface area contributed by atoms with E-state index in [-0.39, 0.29) is 47.3 Å². The summed E-state index contributed by atoms with van der Waals surface area (Å²) in [6.45, 7) is 4.03. The molecule has 0 aromatic heterocycles. The van der Waals surface area contributed by atoms with Gasteiger partial charge in [-0.2, -0.15) is 0 Å². The van der Waals surface area contributed by atoms with Crippen molar-refractivity contribution in [3.63, 3.8) is 0 Å². The molecule has 4 fully saturated rings. The van der Waals surface area contributed by atoms with Gasteiger partial charge in [-0.05, 0) is 57.3 Å². The van der Waals surface area contributed by atoms with Crippen LogP contribution in [0.1, 0.15) is 58.8 Å². The first kappa shape index (κ1) is 16.7. The molecule has 0 aromatic rings. The molecule has 5 aliphatic rings. The van der Waals surface area contributed by atoms with Crippen molar-refractivity contribution in [3.8, 4) is 0 Å². The van der Waals surface area contributed by atoms with Crippen molar-refractivity contribution in [2.24, 2.45) is 41.4 Å². The van der Waals surface area contributed by atoms with Gasteiger partial charge < -0.3 is 4.74 Å². The molecule has 4 bridgehead atoms. The Bertz CT molecular complexity index is 712. The number of fused-ring (bicyclic) bond motifs is 9. The number of Topliss-reactive ketones (excluding diaryl/α,β-unsaturated/α-hetero) is 2. The Morgan fingerprint density at radius 1 is 0.962 bits per heavy atom. The lowest BCUT2D eigenvalue weighted by atomic mass is 9.71. The van der Waals surface area contributed by atoms with Crippen LogP contribution < -0.4 is 0 Å². The molecular formula is C22H28O4. The number of carbonyl (C=O) groups excluding carboxylic acids is 3. The van der Waals surface area contributed by atoms with Crippen LogP contribution in [0.25, 0.3) is 0 Å². The van der Waals surface area contributed by atoms with Crippen LogP contribution in [0, 0.1) is 41.4 Å². The summed E-state index contributed by atoms with van der Waals surface area (Å²) in [5.41, 5.74) is 0.0677. The van der Waals surface area contributed by atoms with Crippen molar-refractivity contribution in [3.05, 3.63) is 11.6 Å². The SMILES string of the molecule is CC(C)(OC(=O)C1=CC2C(=O)C1C1C3CCC(C3=O)C21)C1CCCCC1. The van der Waals surface area contributed by atoms with Gasteiger partial charge in [0.25, 0.3) is 0 Å².